The van der Waals surface area contributed by atoms with Gasteiger partial charge in [0.15, 0.2) is 0 Å². The third-order valence-electron chi connectivity index (χ3n) is 4.56. The molecular formula is C23H25NO4S. The highest BCUT2D eigenvalue weighted by atomic mass is 32.2. The number of hydrogen-bond donors (Lipinski definition) is 0. The highest BCUT2D eigenvalue weighted by Crippen LogP contribution is 2.38. The van der Waals surface area contributed by atoms with E-state index in [1.807, 2.05) is 48.5 Å². The van der Waals surface area contributed by atoms with E-state index in [0.29, 0.717) is 17.2 Å². The zero-order valence-electron chi connectivity index (χ0n) is 16.9. The summed E-state index contributed by atoms with van der Waals surface area (Å²) in [5, 5.41) is 1.13. The van der Waals surface area contributed by atoms with Gasteiger partial charge in [0.2, 0.25) is 0 Å². The van der Waals surface area contributed by atoms with Crippen molar-refractivity contribution in [2.75, 3.05) is 21.3 Å². The molecule has 152 valence electrons. The van der Waals surface area contributed by atoms with Crippen molar-refractivity contribution in [1.82, 2.24) is 0 Å². The third kappa shape index (κ3) is 5.64. The molecule has 6 heteroatoms. The smallest absolute Gasteiger partial charge is 0.341 e. The molecule has 0 N–H and O–H groups in total. The highest BCUT2D eigenvalue weighted by Gasteiger charge is 2.28. The Morgan fingerprint density at radius 1 is 1.10 bits per heavy atom. The fourth-order valence-corrected chi connectivity index (χ4v) is 4.06. The standard InChI is InChI=1S/C23H25NO4S/c1-26-14-21(23(25)28-3)20-7-5-4-6-17(20)15-29-22(16-8-9-16)24-18-10-12-19(27-2)13-11-18/h4-7,10-14,16H,8-9,15H2,1-3H3/b21-14+,24-22?. The minimum absolute atomic E-state index is 0.409. The Kier molecular flexibility index (Phi) is 7.36. The van der Waals surface area contributed by atoms with E-state index in [1.165, 1.54) is 33.3 Å². The number of nitrogens with zero attached hydrogens (tertiary/aromatic N) is 1. The second-order valence-corrected chi connectivity index (χ2v) is 7.62. The normalized spacial score (nSPS) is 14.4. The van der Waals surface area contributed by atoms with Crippen LogP contribution in [0.2, 0.25) is 0 Å². The first-order chi connectivity index (χ1) is 14.2. The average Bonchev–Trinajstić information content (AvgIpc) is 3.60. The monoisotopic (exact) mass is 411 g/mol. The molecule has 0 saturated heterocycles. The lowest BCUT2D eigenvalue weighted by Gasteiger charge is -2.12. The largest absolute Gasteiger partial charge is 0.503 e. The van der Waals surface area contributed by atoms with Gasteiger partial charge in [-0.15, -0.1) is 11.8 Å². The van der Waals surface area contributed by atoms with Crippen molar-refractivity contribution in [3.05, 3.63) is 65.9 Å². The maximum Gasteiger partial charge on any atom is 0.341 e. The number of carbonyl (C=O) groups excluding carboxylic acids is 1. The molecule has 0 atom stereocenters. The molecule has 0 aliphatic heterocycles. The number of esters is 1. The first-order valence-electron chi connectivity index (χ1n) is 9.41. The number of carbonyl (C=O) groups is 1. The summed E-state index contributed by atoms with van der Waals surface area (Å²) in [6, 6.07) is 15.6. The van der Waals surface area contributed by atoms with Crippen LogP contribution in [0.15, 0.2) is 59.8 Å². The van der Waals surface area contributed by atoms with Gasteiger partial charge in [-0.3, -0.25) is 0 Å². The van der Waals surface area contributed by atoms with Gasteiger partial charge >= 0.3 is 5.97 Å². The molecule has 3 rings (SSSR count). The molecule has 1 aliphatic rings. The van der Waals surface area contributed by atoms with Gasteiger partial charge < -0.3 is 14.2 Å². The third-order valence-corrected chi connectivity index (χ3v) is 5.74. The quantitative estimate of drug-likeness (QED) is 0.196. The van der Waals surface area contributed by atoms with Crippen molar-refractivity contribution in [3.8, 4) is 5.75 Å². The van der Waals surface area contributed by atoms with Crippen LogP contribution in [0.25, 0.3) is 5.57 Å². The fraction of sp³-hybridized carbons (Fsp3) is 0.304. The number of thioether (sulfide) groups is 1. The van der Waals surface area contributed by atoms with Crippen LogP contribution < -0.4 is 4.74 Å². The summed E-state index contributed by atoms with van der Waals surface area (Å²) in [5.41, 5.74) is 3.18. The second-order valence-electron chi connectivity index (χ2n) is 6.63. The minimum atomic E-state index is -0.418. The molecule has 0 spiro atoms. The van der Waals surface area contributed by atoms with Crippen LogP contribution in [-0.4, -0.2) is 32.3 Å². The van der Waals surface area contributed by atoms with Gasteiger partial charge in [0.05, 0.1) is 38.3 Å². The van der Waals surface area contributed by atoms with E-state index in [1.54, 1.807) is 18.9 Å². The number of benzene rings is 2. The zero-order valence-corrected chi connectivity index (χ0v) is 17.7. The van der Waals surface area contributed by atoms with Crippen LogP contribution in [0, 0.1) is 5.92 Å². The van der Waals surface area contributed by atoms with Gasteiger partial charge in [0, 0.05) is 11.7 Å². The van der Waals surface area contributed by atoms with E-state index in [9.17, 15) is 4.79 Å². The van der Waals surface area contributed by atoms with E-state index in [0.717, 1.165) is 27.6 Å². The number of rotatable bonds is 8. The summed E-state index contributed by atoms with van der Waals surface area (Å²) in [6.45, 7) is 0. The molecule has 2 aromatic rings. The first-order valence-corrected chi connectivity index (χ1v) is 10.4. The highest BCUT2D eigenvalue weighted by molar-refractivity contribution is 8.13. The van der Waals surface area contributed by atoms with Crippen molar-refractivity contribution in [2.45, 2.75) is 18.6 Å². The molecule has 1 fully saturated rings. The zero-order chi connectivity index (χ0) is 20.6. The Labute approximate surface area is 175 Å². The number of ether oxygens (including phenoxy) is 3. The summed E-state index contributed by atoms with van der Waals surface area (Å²) in [7, 11) is 4.55. The minimum Gasteiger partial charge on any atom is -0.503 e. The molecule has 1 saturated carbocycles. The Hall–Kier alpha value is -2.73. The summed E-state index contributed by atoms with van der Waals surface area (Å²) < 4.78 is 15.2. The maximum atomic E-state index is 12.2. The van der Waals surface area contributed by atoms with E-state index < -0.39 is 5.97 Å². The predicted octanol–water partition coefficient (Wildman–Crippen LogP) is 5.23. The molecule has 0 heterocycles. The lowest BCUT2D eigenvalue weighted by Crippen LogP contribution is -2.07. The molecule has 2 aromatic carbocycles. The van der Waals surface area contributed by atoms with Crippen molar-refractivity contribution < 1.29 is 19.0 Å². The molecule has 0 radical (unpaired) electrons. The molecule has 5 nitrogen and oxygen atoms in total. The van der Waals surface area contributed by atoms with Crippen LogP contribution in [-0.2, 0) is 20.0 Å². The van der Waals surface area contributed by atoms with Crippen LogP contribution in [0.1, 0.15) is 24.0 Å². The van der Waals surface area contributed by atoms with E-state index in [-0.39, 0.29) is 0 Å². The predicted molar refractivity (Wildman–Crippen MR) is 118 cm³/mol. The van der Waals surface area contributed by atoms with Crippen molar-refractivity contribution >= 4 is 34.0 Å². The molecule has 0 unspecified atom stereocenters. The van der Waals surface area contributed by atoms with Crippen LogP contribution in [0.4, 0.5) is 5.69 Å². The molecule has 1 aliphatic carbocycles. The SMILES string of the molecule is CO/C=C(/C(=O)OC)c1ccccc1CSC(=Nc1ccc(OC)cc1)C1CC1. The van der Waals surface area contributed by atoms with Crippen LogP contribution >= 0.6 is 11.8 Å². The molecule has 0 aromatic heterocycles. The maximum absolute atomic E-state index is 12.2. The van der Waals surface area contributed by atoms with E-state index >= 15 is 0 Å². The van der Waals surface area contributed by atoms with E-state index in [2.05, 4.69) is 0 Å². The van der Waals surface area contributed by atoms with E-state index in [4.69, 9.17) is 19.2 Å². The molecular weight excluding hydrogens is 386 g/mol. The van der Waals surface area contributed by atoms with Gasteiger partial charge in [-0.25, -0.2) is 9.79 Å². The fourth-order valence-electron chi connectivity index (χ4n) is 2.87. The number of hydrogen-bond acceptors (Lipinski definition) is 6. The summed E-state index contributed by atoms with van der Waals surface area (Å²) in [5.74, 6) is 1.63. The Morgan fingerprint density at radius 2 is 1.83 bits per heavy atom. The van der Waals surface area contributed by atoms with Crippen molar-refractivity contribution in [3.63, 3.8) is 0 Å². The molecule has 0 bridgehead atoms. The van der Waals surface area contributed by atoms with Gasteiger partial charge in [0.1, 0.15) is 11.3 Å². The van der Waals surface area contributed by atoms with Gasteiger partial charge in [-0.1, -0.05) is 24.3 Å². The van der Waals surface area contributed by atoms with Crippen molar-refractivity contribution in [1.29, 1.82) is 0 Å². The average molecular weight is 412 g/mol. The van der Waals surface area contributed by atoms with Crippen LogP contribution in [0.5, 0.6) is 5.75 Å². The summed E-state index contributed by atoms with van der Waals surface area (Å²) in [4.78, 5) is 17.1. The Balaban J connectivity index is 1.81. The molecule has 29 heavy (non-hydrogen) atoms. The Morgan fingerprint density at radius 3 is 2.45 bits per heavy atom. The molecule has 0 amide bonds. The summed E-state index contributed by atoms with van der Waals surface area (Å²) >= 11 is 1.72. The Bertz CT molecular complexity index is 901. The number of aliphatic imine (C=N–C) groups is 1. The van der Waals surface area contributed by atoms with Gasteiger partial charge in [-0.05, 0) is 48.2 Å². The lowest BCUT2D eigenvalue weighted by atomic mass is 10.0. The van der Waals surface area contributed by atoms with Crippen molar-refractivity contribution in [2.24, 2.45) is 10.9 Å². The van der Waals surface area contributed by atoms with Gasteiger partial charge in [-0.2, -0.15) is 0 Å². The first kappa shape index (κ1) is 21.0. The summed E-state index contributed by atoms with van der Waals surface area (Å²) in [6.07, 6.45) is 3.77. The topological polar surface area (TPSA) is 57.1 Å². The van der Waals surface area contributed by atoms with Gasteiger partial charge in [0.25, 0.3) is 0 Å². The lowest BCUT2D eigenvalue weighted by molar-refractivity contribution is -0.133. The second kappa shape index (κ2) is 10.2. The number of methoxy groups -OCH3 is 3. The van der Waals surface area contributed by atoms with Crippen LogP contribution in [0.3, 0.4) is 0 Å².